The average Bonchev–Trinajstić information content (AvgIpc) is 2.47. The van der Waals surface area contributed by atoms with E-state index >= 15 is 0 Å². The van der Waals surface area contributed by atoms with Gasteiger partial charge in [-0.3, -0.25) is 9.36 Å². The van der Waals surface area contributed by atoms with Crippen molar-refractivity contribution in [2.24, 2.45) is 0 Å². The second-order valence-corrected chi connectivity index (χ2v) is 4.79. The number of fused-ring (bicyclic) bond motifs is 1. The van der Waals surface area contributed by atoms with Gasteiger partial charge in [0.1, 0.15) is 0 Å². The summed E-state index contributed by atoms with van der Waals surface area (Å²) in [5, 5.41) is 1.03. The summed E-state index contributed by atoms with van der Waals surface area (Å²) in [6.07, 6.45) is 1.58. The van der Waals surface area contributed by atoms with Crippen LogP contribution < -0.4 is 5.56 Å². The van der Waals surface area contributed by atoms with Gasteiger partial charge in [-0.15, -0.1) is 0 Å². The third-order valence-corrected chi connectivity index (χ3v) is 3.56. The lowest BCUT2D eigenvalue weighted by Crippen LogP contribution is -2.18. The fraction of sp³-hybridized carbons (Fsp3) is 0.0556. The minimum absolute atomic E-state index is 0.0343. The minimum atomic E-state index is -0.0343. The van der Waals surface area contributed by atoms with Gasteiger partial charge in [0, 0.05) is 11.8 Å². The molecule has 1 aromatic heterocycles. The molecule has 0 radical (unpaired) electrons. The fourth-order valence-electron chi connectivity index (χ4n) is 2.53. The Hall–Kier alpha value is -2.61. The van der Waals surface area contributed by atoms with Crippen LogP contribution in [0.1, 0.15) is 5.56 Å². The van der Waals surface area contributed by atoms with E-state index in [2.05, 4.69) is 6.58 Å². The molecule has 98 valence electrons. The van der Waals surface area contributed by atoms with Gasteiger partial charge in [-0.2, -0.15) is 0 Å². The van der Waals surface area contributed by atoms with Crippen molar-refractivity contribution < 1.29 is 0 Å². The molecule has 0 saturated carbocycles. The van der Waals surface area contributed by atoms with Gasteiger partial charge in [0.2, 0.25) is 0 Å². The van der Waals surface area contributed by atoms with E-state index < -0.39 is 0 Å². The molecule has 0 N–H and O–H groups in total. The smallest absolute Gasteiger partial charge is 0.262 e. The second-order valence-electron chi connectivity index (χ2n) is 4.79. The Kier molecular flexibility index (Phi) is 2.99. The van der Waals surface area contributed by atoms with E-state index in [1.165, 1.54) is 0 Å². The molecule has 0 bridgehead atoms. The van der Waals surface area contributed by atoms with Crippen LogP contribution in [0.25, 0.3) is 28.2 Å². The van der Waals surface area contributed by atoms with Crippen molar-refractivity contribution in [2.45, 2.75) is 6.92 Å². The van der Waals surface area contributed by atoms with Crippen molar-refractivity contribution in [3.8, 4) is 11.1 Å². The summed E-state index contributed by atoms with van der Waals surface area (Å²) in [7, 11) is 0. The summed E-state index contributed by atoms with van der Waals surface area (Å²) in [4.78, 5) is 12.7. The monoisotopic (exact) mass is 261 g/mol. The molecule has 0 aliphatic heterocycles. The normalized spacial score (nSPS) is 10.7. The molecular weight excluding hydrogens is 246 g/mol. The highest BCUT2D eigenvalue weighted by Crippen LogP contribution is 2.23. The summed E-state index contributed by atoms with van der Waals surface area (Å²) in [5.41, 5.74) is 3.62. The standard InChI is InChI=1S/C18H15NO/c1-3-19-17-11-7-5-9-14(17)12-16(18(19)20)15-10-6-4-8-13(15)2/h3-12H,1H2,2H3. The first-order valence-corrected chi connectivity index (χ1v) is 6.55. The van der Waals surface area contributed by atoms with Crippen LogP contribution in [-0.2, 0) is 0 Å². The van der Waals surface area contributed by atoms with Gasteiger partial charge in [-0.05, 0) is 35.6 Å². The van der Waals surface area contributed by atoms with E-state index in [0.717, 1.165) is 22.0 Å². The summed E-state index contributed by atoms with van der Waals surface area (Å²) >= 11 is 0. The van der Waals surface area contributed by atoms with Gasteiger partial charge in [0.15, 0.2) is 0 Å². The van der Waals surface area contributed by atoms with Crippen LogP contribution in [0, 0.1) is 6.92 Å². The number of pyridine rings is 1. The van der Waals surface area contributed by atoms with Crippen LogP contribution in [-0.4, -0.2) is 4.57 Å². The Morgan fingerprint density at radius 2 is 1.70 bits per heavy atom. The predicted octanol–water partition coefficient (Wildman–Crippen LogP) is 4.08. The Morgan fingerprint density at radius 3 is 2.45 bits per heavy atom. The Labute approximate surface area is 117 Å². The van der Waals surface area contributed by atoms with Crippen molar-refractivity contribution in [1.82, 2.24) is 4.57 Å². The Bertz CT molecular complexity index is 859. The number of nitrogens with zero attached hydrogens (tertiary/aromatic N) is 1. The van der Waals surface area contributed by atoms with Gasteiger partial charge in [-0.1, -0.05) is 49.0 Å². The van der Waals surface area contributed by atoms with Crippen LogP contribution >= 0.6 is 0 Å². The predicted molar refractivity (Wildman–Crippen MR) is 84.8 cm³/mol. The van der Waals surface area contributed by atoms with E-state index in [-0.39, 0.29) is 5.56 Å². The highest BCUT2D eigenvalue weighted by molar-refractivity contribution is 5.86. The summed E-state index contributed by atoms with van der Waals surface area (Å²) in [6, 6.07) is 17.7. The Balaban J connectivity index is 2.44. The molecule has 0 fully saturated rings. The number of aromatic nitrogens is 1. The number of para-hydroxylation sites is 1. The summed E-state index contributed by atoms with van der Waals surface area (Å²) < 4.78 is 1.61. The summed E-state index contributed by atoms with van der Waals surface area (Å²) in [5.74, 6) is 0. The number of hydrogen-bond donors (Lipinski definition) is 0. The topological polar surface area (TPSA) is 22.0 Å². The summed E-state index contributed by atoms with van der Waals surface area (Å²) in [6.45, 7) is 5.78. The van der Waals surface area contributed by atoms with Gasteiger partial charge in [-0.25, -0.2) is 0 Å². The highest BCUT2D eigenvalue weighted by Gasteiger charge is 2.10. The fourth-order valence-corrected chi connectivity index (χ4v) is 2.53. The molecular formula is C18H15NO. The van der Waals surface area contributed by atoms with E-state index in [9.17, 15) is 4.79 Å². The van der Waals surface area contributed by atoms with E-state index in [1.54, 1.807) is 10.8 Å². The Morgan fingerprint density at radius 1 is 1.00 bits per heavy atom. The number of hydrogen-bond acceptors (Lipinski definition) is 1. The van der Waals surface area contributed by atoms with Crippen molar-refractivity contribution in [3.63, 3.8) is 0 Å². The lowest BCUT2D eigenvalue weighted by Gasteiger charge is -2.10. The first-order chi connectivity index (χ1) is 9.72. The molecule has 2 nitrogen and oxygen atoms in total. The quantitative estimate of drug-likeness (QED) is 0.681. The molecule has 20 heavy (non-hydrogen) atoms. The minimum Gasteiger partial charge on any atom is -0.284 e. The largest absolute Gasteiger partial charge is 0.284 e. The van der Waals surface area contributed by atoms with Gasteiger partial charge in [0.05, 0.1) is 5.52 Å². The molecule has 2 aromatic carbocycles. The molecule has 0 aliphatic rings. The lowest BCUT2D eigenvalue weighted by molar-refractivity contribution is 1.12. The first kappa shape index (κ1) is 12.4. The van der Waals surface area contributed by atoms with E-state index in [1.807, 2.05) is 61.5 Å². The third kappa shape index (κ3) is 1.86. The number of aryl methyl sites for hydroxylation is 1. The molecule has 0 unspecified atom stereocenters. The highest BCUT2D eigenvalue weighted by atomic mass is 16.1. The van der Waals surface area contributed by atoms with Crippen molar-refractivity contribution >= 4 is 17.1 Å². The maximum Gasteiger partial charge on any atom is 0.262 e. The molecule has 0 spiro atoms. The van der Waals surface area contributed by atoms with Crippen LogP contribution in [0.2, 0.25) is 0 Å². The maximum atomic E-state index is 12.7. The van der Waals surface area contributed by atoms with Crippen LogP contribution in [0.3, 0.4) is 0 Å². The average molecular weight is 261 g/mol. The molecule has 0 saturated heterocycles. The SMILES string of the molecule is C=Cn1c(=O)c(-c2ccccc2C)cc2ccccc21. The molecule has 0 amide bonds. The first-order valence-electron chi connectivity index (χ1n) is 6.55. The second kappa shape index (κ2) is 4.82. The molecule has 0 atom stereocenters. The molecule has 1 heterocycles. The lowest BCUT2D eigenvalue weighted by atomic mass is 10.0. The zero-order valence-electron chi connectivity index (χ0n) is 11.3. The van der Waals surface area contributed by atoms with Gasteiger partial charge >= 0.3 is 0 Å². The van der Waals surface area contributed by atoms with Gasteiger partial charge in [0.25, 0.3) is 5.56 Å². The van der Waals surface area contributed by atoms with Crippen molar-refractivity contribution in [3.05, 3.63) is 77.1 Å². The molecule has 0 aliphatic carbocycles. The number of benzene rings is 2. The van der Waals surface area contributed by atoms with Gasteiger partial charge < -0.3 is 0 Å². The van der Waals surface area contributed by atoms with Crippen molar-refractivity contribution in [1.29, 1.82) is 0 Å². The van der Waals surface area contributed by atoms with E-state index in [4.69, 9.17) is 0 Å². The zero-order chi connectivity index (χ0) is 14.1. The maximum absolute atomic E-state index is 12.7. The van der Waals surface area contributed by atoms with Crippen LogP contribution in [0.5, 0.6) is 0 Å². The number of rotatable bonds is 2. The molecule has 3 rings (SSSR count). The van der Waals surface area contributed by atoms with E-state index in [0.29, 0.717) is 5.56 Å². The van der Waals surface area contributed by atoms with Crippen LogP contribution in [0.15, 0.2) is 66.0 Å². The zero-order valence-corrected chi connectivity index (χ0v) is 11.3. The third-order valence-electron chi connectivity index (χ3n) is 3.56. The van der Waals surface area contributed by atoms with Crippen molar-refractivity contribution in [2.75, 3.05) is 0 Å². The molecule has 2 heteroatoms. The van der Waals surface area contributed by atoms with Crippen LogP contribution in [0.4, 0.5) is 0 Å². The molecule has 3 aromatic rings.